The molecular formula is C10H12O2. The molecule has 1 aliphatic carbocycles. The number of carbonyl (C=O) groups is 1. The van der Waals surface area contributed by atoms with E-state index in [2.05, 4.69) is 13.8 Å². The predicted octanol–water partition coefficient (Wildman–Crippen LogP) is 1.48. The average molecular weight is 164 g/mol. The van der Waals surface area contributed by atoms with Crippen molar-refractivity contribution in [2.45, 2.75) is 25.6 Å². The van der Waals surface area contributed by atoms with Crippen molar-refractivity contribution in [3.8, 4) is 0 Å². The third-order valence-corrected chi connectivity index (χ3v) is 2.45. The van der Waals surface area contributed by atoms with Crippen LogP contribution in [0.1, 0.15) is 13.8 Å². The SMILES string of the molecule is CC(C)C1=CC2OC2(C=O)C=C1. The topological polar surface area (TPSA) is 29.6 Å². The largest absolute Gasteiger partial charge is 0.349 e. The highest BCUT2D eigenvalue weighted by atomic mass is 16.6. The zero-order valence-electron chi connectivity index (χ0n) is 7.28. The molecule has 0 saturated carbocycles. The Morgan fingerprint density at radius 3 is 2.92 bits per heavy atom. The lowest BCUT2D eigenvalue weighted by Crippen LogP contribution is -2.15. The Bertz CT molecular complexity index is 276. The molecule has 1 saturated heterocycles. The fourth-order valence-corrected chi connectivity index (χ4v) is 1.46. The van der Waals surface area contributed by atoms with E-state index >= 15 is 0 Å². The first-order valence-corrected chi connectivity index (χ1v) is 4.23. The summed E-state index contributed by atoms with van der Waals surface area (Å²) in [4.78, 5) is 10.6. The van der Waals surface area contributed by atoms with Crippen molar-refractivity contribution in [1.29, 1.82) is 0 Å². The van der Waals surface area contributed by atoms with Gasteiger partial charge in [0, 0.05) is 0 Å². The molecule has 12 heavy (non-hydrogen) atoms. The Hall–Kier alpha value is -0.890. The van der Waals surface area contributed by atoms with Crippen molar-refractivity contribution in [1.82, 2.24) is 0 Å². The summed E-state index contributed by atoms with van der Waals surface area (Å²) in [5.74, 6) is 0.509. The van der Waals surface area contributed by atoms with Crippen LogP contribution in [-0.4, -0.2) is 18.0 Å². The molecular weight excluding hydrogens is 152 g/mol. The molecule has 2 nitrogen and oxygen atoms in total. The van der Waals surface area contributed by atoms with Gasteiger partial charge in [-0.15, -0.1) is 0 Å². The number of hydrogen-bond acceptors (Lipinski definition) is 2. The molecule has 2 rings (SSSR count). The average Bonchev–Trinajstić information content (AvgIpc) is 2.77. The van der Waals surface area contributed by atoms with Crippen molar-refractivity contribution in [3.05, 3.63) is 23.8 Å². The molecule has 0 bridgehead atoms. The first-order chi connectivity index (χ1) is 5.68. The van der Waals surface area contributed by atoms with E-state index in [-0.39, 0.29) is 6.10 Å². The van der Waals surface area contributed by atoms with E-state index in [9.17, 15) is 4.79 Å². The molecule has 1 aliphatic heterocycles. The number of carbonyl (C=O) groups excluding carboxylic acids is 1. The van der Waals surface area contributed by atoms with Gasteiger partial charge in [0.2, 0.25) is 0 Å². The van der Waals surface area contributed by atoms with E-state index in [0.717, 1.165) is 6.29 Å². The van der Waals surface area contributed by atoms with E-state index < -0.39 is 5.60 Å². The van der Waals surface area contributed by atoms with Gasteiger partial charge in [-0.25, -0.2) is 0 Å². The maximum atomic E-state index is 10.6. The van der Waals surface area contributed by atoms with Crippen molar-refractivity contribution in [3.63, 3.8) is 0 Å². The highest BCUT2D eigenvalue weighted by molar-refractivity contribution is 5.74. The smallest absolute Gasteiger partial charge is 0.172 e. The van der Waals surface area contributed by atoms with Crippen LogP contribution in [-0.2, 0) is 9.53 Å². The Morgan fingerprint density at radius 1 is 1.67 bits per heavy atom. The van der Waals surface area contributed by atoms with Crippen molar-refractivity contribution in [2.24, 2.45) is 5.92 Å². The molecule has 2 heteroatoms. The number of epoxide rings is 1. The maximum Gasteiger partial charge on any atom is 0.172 e. The van der Waals surface area contributed by atoms with Crippen LogP contribution in [0.2, 0.25) is 0 Å². The molecule has 1 fully saturated rings. The van der Waals surface area contributed by atoms with E-state index in [0.29, 0.717) is 5.92 Å². The van der Waals surface area contributed by atoms with Gasteiger partial charge < -0.3 is 4.74 Å². The van der Waals surface area contributed by atoms with Gasteiger partial charge in [0.25, 0.3) is 0 Å². The molecule has 2 unspecified atom stereocenters. The quantitative estimate of drug-likeness (QED) is 0.457. The molecule has 0 aromatic rings. The summed E-state index contributed by atoms with van der Waals surface area (Å²) >= 11 is 0. The van der Waals surface area contributed by atoms with Crippen LogP contribution in [0.25, 0.3) is 0 Å². The second kappa shape index (κ2) is 2.30. The van der Waals surface area contributed by atoms with Crippen molar-refractivity contribution >= 4 is 6.29 Å². The fraction of sp³-hybridized carbons (Fsp3) is 0.500. The molecule has 1 heterocycles. The summed E-state index contributed by atoms with van der Waals surface area (Å²) in [7, 11) is 0. The Balaban J connectivity index is 2.20. The van der Waals surface area contributed by atoms with Crippen LogP contribution in [0.15, 0.2) is 23.8 Å². The normalized spacial score (nSPS) is 37.6. The third kappa shape index (κ3) is 0.950. The van der Waals surface area contributed by atoms with E-state index in [1.807, 2.05) is 18.2 Å². The summed E-state index contributed by atoms with van der Waals surface area (Å²) in [6, 6.07) is 0. The first-order valence-electron chi connectivity index (χ1n) is 4.23. The van der Waals surface area contributed by atoms with Gasteiger partial charge in [0.1, 0.15) is 6.10 Å². The van der Waals surface area contributed by atoms with Crippen LogP contribution in [0.4, 0.5) is 0 Å². The lowest BCUT2D eigenvalue weighted by atomic mass is 9.92. The predicted molar refractivity (Wildman–Crippen MR) is 45.7 cm³/mol. The number of rotatable bonds is 2. The van der Waals surface area contributed by atoms with Crippen molar-refractivity contribution in [2.75, 3.05) is 0 Å². The van der Waals surface area contributed by atoms with Crippen LogP contribution >= 0.6 is 0 Å². The van der Waals surface area contributed by atoms with Gasteiger partial charge in [-0.2, -0.15) is 0 Å². The lowest BCUT2D eigenvalue weighted by Gasteiger charge is -2.09. The minimum atomic E-state index is -0.585. The molecule has 2 atom stereocenters. The third-order valence-electron chi connectivity index (χ3n) is 2.45. The standard InChI is InChI=1S/C10H12O2/c1-7(2)8-3-4-10(6-11)9(5-8)12-10/h3-7,9H,1-2H3. The fourth-order valence-electron chi connectivity index (χ4n) is 1.46. The molecule has 0 N–H and O–H groups in total. The zero-order valence-corrected chi connectivity index (χ0v) is 7.28. The van der Waals surface area contributed by atoms with Crippen molar-refractivity contribution < 1.29 is 9.53 Å². The number of aldehydes is 1. The molecule has 0 spiro atoms. The van der Waals surface area contributed by atoms with Crippen LogP contribution in [0, 0.1) is 5.92 Å². The molecule has 0 aromatic carbocycles. The van der Waals surface area contributed by atoms with Crippen LogP contribution < -0.4 is 0 Å². The van der Waals surface area contributed by atoms with Gasteiger partial charge in [-0.3, -0.25) is 4.79 Å². The summed E-state index contributed by atoms with van der Waals surface area (Å²) in [5.41, 5.74) is 0.674. The summed E-state index contributed by atoms with van der Waals surface area (Å²) < 4.78 is 5.26. The van der Waals surface area contributed by atoms with Crippen LogP contribution in [0.3, 0.4) is 0 Å². The van der Waals surface area contributed by atoms with Crippen LogP contribution in [0.5, 0.6) is 0 Å². The number of ether oxygens (including phenoxy) is 1. The first kappa shape index (κ1) is 7.74. The van der Waals surface area contributed by atoms with Gasteiger partial charge in [0.05, 0.1) is 0 Å². The second-order valence-corrected chi connectivity index (χ2v) is 3.66. The summed E-state index contributed by atoms with van der Waals surface area (Å²) in [6.07, 6.45) is 6.78. The molecule has 0 amide bonds. The summed E-state index contributed by atoms with van der Waals surface area (Å²) in [5, 5.41) is 0. The Morgan fingerprint density at radius 2 is 2.42 bits per heavy atom. The number of fused-ring (bicyclic) bond motifs is 1. The molecule has 64 valence electrons. The van der Waals surface area contributed by atoms with E-state index in [1.54, 1.807) is 0 Å². The van der Waals surface area contributed by atoms with Gasteiger partial charge in [-0.05, 0) is 23.6 Å². The summed E-state index contributed by atoms with van der Waals surface area (Å²) in [6.45, 7) is 4.26. The van der Waals surface area contributed by atoms with Gasteiger partial charge in [0.15, 0.2) is 11.9 Å². The molecule has 0 aromatic heterocycles. The van der Waals surface area contributed by atoms with Gasteiger partial charge in [-0.1, -0.05) is 19.9 Å². The second-order valence-electron chi connectivity index (χ2n) is 3.66. The maximum absolute atomic E-state index is 10.6. The minimum Gasteiger partial charge on any atom is -0.349 e. The van der Waals surface area contributed by atoms with E-state index in [1.165, 1.54) is 5.57 Å². The monoisotopic (exact) mass is 164 g/mol. The highest BCUT2D eigenvalue weighted by Crippen LogP contribution is 2.41. The Kier molecular flexibility index (Phi) is 1.48. The number of allylic oxidation sites excluding steroid dienone is 2. The highest BCUT2D eigenvalue weighted by Gasteiger charge is 2.54. The Labute approximate surface area is 71.9 Å². The number of hydrogen-bond donors (Lipinski definition) is 0. The van der Waals surface area contributed by atoms with E-state index in [4.69, 9.17) is 4.74 Å². The lowest BCUT2D eigenvalue weighted by molar-refractivity contribution is -0.110. The molecule has 2 aliphatic rings. The molecule has 0 radical (unpaired) electrons. The minimum absolute atomic E-state index is 0.0115. The van der Waals surface area contributed by atoms with Gasteiger partial charge >= 0.3 is 0 Å². The zero-order chi connectivity index (χ0) is 8.77.